The summed E-state index contributed by atoms with van der Waals surface area (Å²) in [5.74, 6) is -0.129. The number of hydrogen-bond acceptors (Lipinski definition) is 4. The third kappa shape index (κ3) is 3.41. The summed E-state index contributed by atoms with van der Waals surface area (Å²) in [6.45, 7) is 1.72. The number of nitrogens with zero attached hydrogens (tertiary/aromatic N) is 3. The SMILES string of the molecule is Nc1ccc(-c2ncc3c(n2)CCN(Cc2cc(F)ccc2F)C3)cc1. The number of benzene rings is 2. The zero-order valence-corrected chi connectivity index (χ0v) is 14.1. The number of anilines is 1. The van der Waals surface area contributed by atoms with Crippen LogP contribution in [0, 0.1) is 11.6 Å². The van der Waals surface area contributed by atoms with E-state index in [4.69, 9.17) is 5.73 Å². The molecule has 2 N–H and O–H groups in total. The zero-order valence-electron chi connectivity index (χ0n) is 14.1. The lowest BCUT2D eigenvalue weighted by atomic mass is 10.1. The summed E-state index contributed by atoms with van der Waals surface area (Å²) in [4.78, 5) is 11.2. The number of aromatic nitrogens is 2. The predicted octanol–water partition coefficient (Wildman–Crippen LogP) is 3.56. The standard InChI is InChI=1S/C20H18F2N4/c21-16-3-6-18(22)14(9-16)11-26-8-7-19-15(12-26)10-24-20(25-19)13-1-4-17(23)5-2-13/h1-6,9-10H,7-8,11-12,23H2. The molecule has 1 aromatic heterocycles. The predicted molar refractivity (Wildman–Crippen MR) is 96.1 cm³/mol. The van der Waals surface area contributed by atoms with Crippen molar-refractivity contribution in [1.82, 2.24) is 14.9 Å². The number of fused-ring (bicyclic) bond motifs is 1. The number of rotatable bonds is 3. The molecule has 26 heavy (non-hydrogen) atoms. The molecule has 0 saturated carbocycles. The Hall–Kier alpha value is -2.86. The highest BCUT2D eigenvalue weighted by atomic mass is 19.1. The topological polar surface area (TPSA) is 55.0 Å². The van der Waals surface area contributed by atoms with E-state index in [1.807, 2.05) is 30.5 Å². The summed E-state index contributed by atoms with van der Waals surface area (Å²) in [6, 6.07) is 11.0. The van der Waals surface area contributed by atoms with E-state index in [9.17, 15) is 8.78 Å². The first kappa shape index (κ1) is 16.6. The molecule has 0 unspecified atom stereocenters. The maximum Gasteiger partial charge on any atom is 0.159 e. The van der Waals surface area contributed by atoms with E-state index in [-0.39, 0.29) is 5.82 Å². The first-order valence-corrected chi connectivity index (χ1v) is 8.45. The van der Waals surface area contributed by atoms with Crippen molar-refractivity contribution in [2.75, 3.05) is 12.3 Å². The Labute approximate surface area is 150 Å². The van der Waals surface area contributed by atoms with Gasteiger partial charge in [0.25, 0.3) is 0 Å². The highest BCUT2D eigenvalue weighted by Gasteiger charge is 2.20. The van der Waals surface area contributed by atoms with Crippen LogP contribution >= 0.6 is 0 Å². The fourth-order valence-corrected chi connectivity index (χ4v) is 3.19. The molecule has 0 fully saturated rings. The van der Waals surface area contributed by atoms with Gasteiger partial charge in [0.05, 0.1) is 5.69 Å². The Morgan fingerprint density at radius 2 is 1.88 bits per heavy atom. The van der Waals surface area contributed by atoms with Crippen molar-refractivity contribution in [2.24, 2.45) is 0 Å². The number of nitrogen functional groups attached to an aromatic ring is 1. The van der Waals surface area contributed by atoms with E-state index < -0.39 is 5.82 Å². The van der Waals surface area contributed by atoms with Gasteiger partial charge in [0.15, 0.2) is 5.82 Å². The van der Waals surface area contributed by atoms with Crippen LogP contribution in [-0.2, 0) is 19.5 Å². The average Bonchev–Trinajstić information content (AvgIpc) is 2.65. The maximum atomic E-state index is 13.9. The smallest absolute Gasteiger partial charge is 0.159 e. The molecule has 2 heterocycles. The van der Waals surface area contributed by atoms with Crippen LogP contribution in [0.5, 0.6) is 0 Å². The highest BCUT2D eigenvalue weighted by Crippen LogP contribution is 2.23. The molecule has 1 aliphatic heterocycles. The molecular formula is C20H18F2N4. The van der Waals surface area contributed by atoms with E-state index in [0.717, 1.165) is 35.9 Å². The molecule has 0 saturated heterocycles. The van der Waals surface area contributed by atoms with E-state index in [2.05, 4.69) is 14.9 Å². The summed E-state index contributed by atoms with van der Waals surface area (Å²) >= 11 is 0. The first-order valence-electron chi connectivity index (χ1n) is 8.45. The molecule has 0 atom stereocenters. The van der Waals surface area contributed by atoms with Crippen molar-refractivity contribution in [3.05, 3.63) is 77.1 Å². The van der Waals surface area contributed by atoms with Crippen molar-refractivity contribution < 1.29 is 8.78 Å². The lowest BCUT2D eigenvalue weighted by Crippen LogP contribution is -2.31. The van der Waals surface area contributed by atoms with Gasteiger partial charge in [0.1, 0.15) is 11.6 Å². The van der Waals surface area contributed by atoms with Crippen LogP contribution in [0.4, 0.5) is 14.5 Å². The molecule has 2 aromatic carbocycles. The minimum absolute atomic E-state index is 0.364. The highest BCUT2D eigenvalue weighted by molar-refractivity contribution is 5.58. The third-order valence-electron chi connectivity index (χ3n) is 4.58. The Balaban J connectivity index is 1.52. The fourth-order valence-electron chi connectivity index (χ4n) is 3.19. The molecule has 0 aliphatic carbocycles. The Bertz CT molecular complexity index is 941. The molecule has 0 bridgehead atoms. The van der Waals surface area contributed by atoms with Gasteiger partial charge in [0.2, 0.25) is 0 Å². The van der Waals surface area contributed by atoms with Crippen LogP contribution in [0.3, 0.4) is 0 Å². The molecule has 4 rings (SSSR count). The molecule has 0 spiro atoms. The number of halogens is 2. The van der Waals surface area contributed by atoms with Crippen molar-refractivity contribution in [1.29, 1.82) is 0 Å². The van der Waals surface area contributed by atoms with E-state index in [1.165, 1.54) is 12.1 Å². The van der Waals surface area contributed by atoms with Gasteiger partial charge in [-0.05, 0) is 42.5 Å². The maximum absolute atomic E-state index is 13.9. The van der Waals surface area contributed by atoms with E-state index >= 15 is 0 Å². The average molecular weight is 352 g/mol. The van der Waals surface area contributed by atoms with E-state index in [0.29, 0.717) is 30.2 Å². The van der Waals surface area contributed by atoms with Crippen LogP contribution < -0.4 is 5.73 Å². The van der Waals surface area contributed by atoms with Crippen molar-refractivity contribution >= 4 is 5.69 Å². The van der Waals surface area contributed by atoms with Crippen LogP contribution in [-0.4, -0.2) is 21.4 Å². The van der Waals surface area contributed by atoms with Gasteiger partial charge in [-0.25, -0.2) is 18.7 Å². The third-order valence-corrected chi connectivity index (χ3v) is 4.58. The van der Waals surface area contributed by atoms with E-state index in [1.54, 1.807) is 0 Å². The molecule has 0 radical (unpaired) electrons. The van der Waals surface area contributed by atoms with Crippen molar-refractivity contribution in [3.63, 3.8) is 0 Å². The molecule has 6 heteroatoms. The fraction of sp³-hybridized carbons (Fsp3) is 0.200. The second kappa shape index (κ2) is 6.80. The van der Waals surface area contributed by atoms with Gasteiger partial charge in [-0.2, -0.15) is 0 Å². The van der Waals surface area contributed by atoms with Gasteiger partial charge < -0.3 is 5.73 Å². The summed E-state index contributed by atoms with van der Waals surface area (Å²) in [6.07, 6.45) is 2.57. The molecule has 132 valence electrons. The second-order valence-corrected chi connectivity index (χ2v) is 6.48. The van der Waals surface area contributed by atoms with Gasteiger partial charge >= 0.3 is 0 Å². The van der Waals surface area contributed by atoms with Gasteiger partial charge in [-0.1, -0.05) is 0 Å². The summed E-state index contributed by atoms with van der Waals surface area (Å²) in [5, 5.41) is 0. The zero-order chi connectivity index (χ0) is 18.1. The van der Waals surface area contributed by atoms with Crippen molar-refractivity contribution in [2.45, 2.75) is 19.5 Å². The van der Waals surface area contributed by atoms with Gasteiger partial charge in [0, 0.05) is 54.6 Å². The Kier molecular flexibility index (Phi) is 4.34. The Morgan fingerprint density at radius 1 is 1.08 bits per heavy atom. The first-order chi connectivity index (χ1) is 12.6. The normalized spacial score (nSPS) is 14.2. The number of hydrogen-bond donors (Lipinski definition) is 1. The largest absolute Gasteiger partial charge is 0.399 e. The summed E-state index contributed by atoms with van der Waals surface area (Å²) in [7, 11) is 0. The lowest BCUT2D eigenvalue weighted by molar-refractivity contribution is 0.239. The quantitative estimate of drug-likeness (QED) is 0.733. The van der Waals surface area contributed by atoms with Crippen LogP contribution in [0.1, 0.15) is 16.8 Å². The van der Waals surface area contributed by atoms with Crippen LogP contribution in [0.2, 0.25) is 0 Å². The molecule has 4 nitrogen and oxygen atoms in total. The minimum atomic E-state index is -0.421. The molecule has 0 amide bonds. The molecule has 1 aliphatic rings. The molecular weight excluding hydrogens is 334 g/mol. The monoisotopic (exact) mass is 352 g/mol. The second-order valence-electron chi connectivity index (χ2n) is 6.48. The van der Waals surface area contributed by atoms with Crippen LogP contribution in [0.15, 0.2) is 48.7 Å². The number of nitrogens with two attached hydrogens (primary N) is 1. The molecule has 3 aromatic rings. The van der Waals surface area contributed by atoms with Gasteiger partial charge in [-0.3, -0.25) is 4.90 Å². The summed E-state index contributed by atoms with van der Waals surface area (Å²) < 4.78 is 27.2. The Morgan fingerprint density at radius 3 is 2.69 bits per heavy atom. The van der Waals surface area contributed by atoms with Gasteiger partial charge in [-0.15, -0.1) is 0 Å². The lowest BCUT2D eigenvalue weighted by Gasteiger charge is -2.28. The summed E-state index contributed by atoms with van der Waals surface area (Å²) in [5.41, 5.74) is 9.73. The van der Waals surface area contributed by atoms with Crippen molar-refractivity contribution in [3.8, 4) is 11.4 Å². The minimum Gasteiger partial charge on any atom is -0.399 e. The van der Waals surface area contributed by atoms with Crippen LogP contribution in [0.25, 0.3) is 11.4 Å².